The summed E-state index contributed by atoms with van der Waals surface area (Å²) >= 11 is 0. The van der Waals surface area contributed by atoms with E-state index in [9.17, 15) is 0 Å². The van der Waals surface area contributed by atoms with Gasteiger partial charge in [0.05, 0.1) is 6.04 Å². The molecule has 2 aromatic carbocycles. The Morgan fingerprint density at radius 1 is 1.04 bits per heavy atom. The van der Waals surface area contributed by atoms with E-state index in [0.717, 1.165) is 6.54 Å². The highest BCUT2D eigenvalue weighted by molar-refractivity contribution is 5.57. The third-order valence-corrected chi connectivity index (χ3v) is 4.91. The molecule has 23 heavy (non-hydrogen) atoms. The second-order valence-corrected chi connectivity index (χ2v) is 7.55. The van der Waals surface area contributed by atoms with E-state index in [1.54, 1.807) is 0 Å². The molecule has 2 N–H and O–H groups in total. The Labute approximate surface area is 140 Å². The van der Waals surface area contributed by atoms with Crippen molar-refractivity contribution in [3.63, 3.8) is 0 Å². The molecule has 0 aromatic heterocycles. The molecule has 0 spiro atoms. The molecule has 1 heterocycles. The molecular formula is C21H28N2. The maximum Gasteiger partial charge on any atom is 0.0664 e. The second kappa shape index (κ2) is 6.37. The molecule has 0 aliphatic carbocycles. The van der Waals surface area contributed by atoms with E-state index in [2.05, 4.69) is 74.2 Å². The fourth-order valence-electron chi connectivity index (χ4n) is 3.53. The minimum atomic E-state index is 0.189. The van der Waals surface area contributed by atoms with Gasteiger partial charge in [0.1, 0.15) is 0 Å². The van der Waals surface area contributed by atoms with Crippen molar-refractivity contribution in [1.82, 2.24) is 0 Å². The quantitative estimate of drug-likeness (QED) is 0.908. The molecule has 0 radical (unpaired) electrons. The van der Waals surface area contributed by atoms with Crippen LogP contribution < -0.4 is 10.6 Å². The van der Waals surface area contributed by atoms with E-state index >= 15 is 0 Å². The van der Waals surface area contributed by atoms with Gasteiger partial charge >= 0.3 is 0 Å². The maximum absolute atomic E-state index is 6.17. The minimum Gasteiger partial charge on any atom is -0.363 e. The Morgan fingerprint density at radius 2 is 1.74 bits per heavy atom. The number of benzene rings is 2. The van der Waals surface area contributed by atoms with Gasteiger partial charge in [0, 0.05) is 18.8 Å². The zero-order chi connectivity index (χ0) is 16.4. The number of fused-ring (bicyclic) bond motifs is 1. The van der Waals surface area contributed by atoms with Crippen LogP contribution in [0.25, 0.3) is 0 Å². The molecule has 2 aromatic rings. The molecule has 3 rings (SSSR count). The first-order valence-electron chi connectivity index (χ1n) is 8.66. The summed E-state index contributed by atoms with van der Waals surface area (Å²) in [6.07, 6.45) is 2.38. The van der Waals surface area contributed by atoms with Gasteiger partial charge in [-0.05, 0) is 41.0 Å². The average Bonchev–Trinajstić information content (AvgIpc) is 2.55. The van der Waals surface area contributed by atoms with Crippen molar-refractivity contribution >= 4 is 5.69 Å². The van der Waals surface area contributed by atoms with E-state index in [-0.39, 0.29) is 11.5 Å². The first-order chi connectivity index (χ1) is 11.0. The molecule has 0 saturated carbocycles. The van der Waals surface area contributed by atoms with E-state index in [1.165, 1.54) is 35.2 Å². The molecule has 1 aliphatic rings. The summed E-state index contributed by atoms with van der Waals surface area (Å²) in [4.78, 5) is 2.49. The average molecular weight is 308 g/mol. The Morgan fingerprint density at radius 3 is 2.39 bits per heavy atom. The van der Waals surface area contributed by atoms with Crippen LogP contribution in [0.1, 0.15) is 49.9 Å². The third-order valence-electron chi connectivity index (χ3n) is 4.91. The standard InChI is InChI=1S/C21H28N2/c1-21(2,3)18-12-10-17(11-13-18)20(15-22)23-14-6-8-16-7-4-5-9-19(16)23/h4-5,7,9-13,20H,6,8,14-15,22H2,1-3H3. The monoisotopic (exact) mass is 308 g/mol. The van der Waals surface area contributed by atoms with Gasteiger partial charge in [-0.15, -0.1) is 0 Å². The third kappa shape index (κ3) is 3.28. The molecular weight excluding hydrogens is 280 g/mol. The van der Waals surface area contributed by atoms with E-state index in [0.29, 0.717) is 6.54 Å². The van der Waals surface area contributed by atoms with Crippen LogP contribution in [0, 0.1) is 0 Å². The molecule has 1 atom stereocenters. The maximum atomic E-state index is 6.17. The first kappa shape index (κ1) is 16.1. The largest absolute Gasteiger partial charge is 0.363 e. The molecule has 0 saturated heterocycles. The number of nitrogens with two attached hydrogens (primary N) is 1. The first-order valence-corrected chi connectivity index (χ1v) is 8.66. The molecule has 122 valence electrons. The van der Waals surface area contributed by atoms with Gasteiger partial charge in [-0.25, -0.2) is 0 Å². The highest BCUT2D eigenvalue weighted by Crippen LogP contribution is 2.34. The van der Waals surface area contributed by atoms with Crippen molar-refractivity contribution in [3.8, 4) is 0 Å². The molecule has 2 heteroatoms. The van der Waals surface area contributed by atoms with Crippen LogP contribution in [-0.4, -0.2) is 13.1 Å². The summed E-state index contributed by atoms with van der Waals surface area (Å²) in [7, 11) is 0. The lowest BCUT2D eigenvalue weighted by Crippen LogP contribution is -2.37. The smallest absolute Gasteiger partial charge is 0.0664 e. The highest BCUT2D eigenvalue weighted by atomic mass is 15.2. The van der Waals surface area contributed by atoms with Gasteiger partial charge in [0.2, 0.25) is 0 Å². The van der Waals surface area contributed by atoms with Crippen LogP contribution in [-0.2, 0) is 11.8 Å². The number of aryl methyl sites for hydroxylation is 1. The zero-order valence-electron chi connectivity index (χ0n) is 14.5. The number of nitrogens with zero attached hydrogens (tertiary/aromatic N) is 1. The highest BCUT2D eigenvalue weighted by Gasteiger charge is 2.24. The van der Waals surface area contributed by atoms with Gasteiger partial charge in [0.15, 0.2) is 0 Å². The number of hydrogen-bond acceptors (Lipinski definition) is 2. The SMILES string of the molecule is CC(C)(C)c1ccc(C(CN)N2CCCc3ccccc32)cc1. The lowest BCUT2D eigenvalue weighted by molar-refractivity contribution is 0.579. The molecule has 2 nitrogen and oxygen atoms in total. The van der Waals surface area contributed by atoms with E-state index in [1.807, 2.05) is 0 Å². The van der Waals surface area contributed by atoms with Crippen LogP contribution in [0.15, 0.2) is 48.5 Å². The van der Waals surface area contributed by atoms with Crippen LogP contribution in [0.4, 0.5) is 5.69 Å². The predicted octanol–water partition coefficient (Wildman–Crippen LogP) is 4.44. The lowest BCUT2D eigenvalue weighted by Gasteiger charge is -2.38. The van der Waals surface area contributed by atoms with Crippen molar-refractivity contribution in [3.05, 3.63) is 65.2 Å². The summed E-state index contributed by atoms with van der Waals surface area (Å²) in [5.41, 5.74) is 11.9. The normalized spacial score (nSPS) is 16.1. The zero-order valence-corrected chi connectivity index (χ0v) is 14.5. The van der Waals surface area contributed by atoms with Gasteiger partial charge < -0.3 is 10.6 Å². The summed E-state index contributed by atoms with van der Waals surface area (Å²) in [6.45, 7) is 8.49. The molecule has 0 amide bonds. The van der Waals surface area contributed by atoms with Crippen molar-refractivity contribution in [2.24, 2.45) is 5.73 Å². The van der Waals surface area contributed by atoms with Gasteiger partial charge in [0.25, 0.3) is 0 Å². The van der Waals surface area contributed by atoms with Crippen LogP contribution >= 0.6 is 0 Å². The number of hydrogen-bond donors (Lipinski definition) is 1. The summed E-state index contributed by atoms with van der Waals surface area (Å²) in [5, 5.41) is 0. The van der Waals surface area contributed by atoms with Gasteiger partial charge in [-0.2, -0.15) is 0 Å². The molecule has 0 bridgehead atoms. The van der Waals surface area contributed by atoms with Crippen molar-refractivity contribution in [2.75, 3.05) is 18.0 Å². The van der Waals surface area contributed by atoms with Crippen molar-refractivity contribution < 1.29 is 0 Å². The predicted molar refractivity (Wildman–Crippen MR) is 99.0 cm³/mol. The Kier molecular flexibility index (Phi) is 4.45. The number of para-hydroxylation sites is 1. The van der Waals surface area contributed by atoms with Gasteiger partial charge in [-0.1, -0.05) is 63.2 Å². The van der Waals surface area contributed by atoms with Crippen LogP contribution in [0.2, 0.25) is 0 Å². The van der Waals surface area contributed by atoms with Crippen molar-refractivity contribution in [2.45, 2.75) is 45.1 Å². The number of anilines is 1. The van der Waals surface area contributed by atoms with E-state index in [4.69, 9.17) is 5.73 Å². The fraction of sp³-hybridized carbons (Fsp3) is 0.429. The summed E-state index contributed by atoms with van der Waals surface area (Å²) in [6, 6.07) is 18.0. The molecule has 1 unspecified atom stereocenters. The number of rotatable bonds is 3. The van der Waals surface area contributed by atoms with Crippen molar-refractivity contribution in [1.29, 1.82) is 0 Å². The molecule has 0 fully saturated rings. The second-order valence-electron chi connectivity index (χ2n) is 7.55. The Bertz CT molecular complexity index is 652. The Hall–Kier alpha value is -1.80. The summed E-state index contributed by atoms with van der Waals surface area (Å²) < 4.78 is 0. The fourth-order valence-corrected chi connectivity index (χ4v) is 3.53. The van der Waals surface area contributed by atoms with E-state index < -0.39 is 0 Å². The molecule has 1 aliphatic heterocycles. The minimum absolute atomic E-state index is 0.189. The van der Waals surface area contributed by atoms with Crippen LogP contribution in [0.5, 0.6) is 0 Å². The Balaban J connectivity index is 1.92. The summed E-state index contributed by atoms with van der Waals surface area (Å²) in [5.74, 6) is 0. The lowest BCUT2D eigenvalue weighted by atomic mass is 9.86. The topological polar surface area (TPSA) is 29.3 Å². The van der Waals surface area contributed by atoms with Crippen LogP contribution in [0.3, 0.4) is 0 Å². The van der Waals surface area contributed by atoms with Gasteiger partial charge in [-0.3, -0.25) is 0 Å².